The molecule has 1 aliphatic rings. The van der Waals surface area contributed by atoms with Crippen LogP contribution in [0.5, 0.6) is 0 Å². The van der Waals surface area contributed by atoms with Crippen molar-refractivity contribution in [2.75, 3.05) is 18.0 Å². The smallest absolute Gasteiger partial charge is 0.256 e. The molecule has 0 saturated heterocycles. The minimum Gasteiger partial charge on any atom is -0.294 e. The first-order valence-electron chi connectivity index (χ1n) is 10.1. The number of hydrogen-bond acceptors (Lipinski definition) is 4. The van der Waals surface area contributed by atoms with Gasteiger partial charge in [-0.15, -0.1) is 0 Å². The Morgan fingerprint density at radius 3 is 2.77 bits per heavy atom. The molecule has 0 unspecified atom stereocenters. The fourth-order valence-corrected chi connectivity index (χ4v) is 3.83. The molecule has 4 rings (SSSR count). The Morgan fingerprint density at radius 1 is 1.19 bits per heavy atom. The predicted molar refractivity (Wildman–Crippen MR) is 120 cm³/mol. The summed E-state index contributed by atoms with van der Waals surface area (Å²) in [6.07, 6.45) is 4.47. The van der Waals surface area contributed by atoms with Gasteiger partial charge in [0.2, 0.25) is 0 Å². The molecule has 2 heterocycles. The molecule has 0 saturated carbocycles. The van der Waals surface area contributed by atoms with E-state index in [2.05, 4.69) is 21.2 Å². The van der Waals surface area contributed by atoms with E-state index < -0.39 is 0 Å². The van der Waals surface area contributed by atoms with Crippen LogP contribution in [0.1, 0.15) is 23.1 Å². The summed E-state index contributed by atoms with van der Waals surface area (Å²) in [6.45, 7) is 2.54. The largest absolute Gasteiger partial charge is 0.294 e. The van der Waals surface area contributed by atoms with E-state index in [0.29, 0.717) is 36.0 Å². The molecule has 7 heteroatoms. The number of aromatic amines is 1. The summed E-state index contributed by atoms with van der Waals surface area (Å²) in [5.41, 5.74) is 3.45. The second kappa shape index (κ2) is 9.61. The normalized spacial score (nSPS) is 14.0. The Balaban J connectivity index is 1.50. The van der Waals surface area contributed by atoms with E-state index in [1.165, 1.54) is 0 Å². The fraction of sp³-hybridized carbons (Fsp3) is 0.208. The van der Waals surface area contributed by atoms with E-state index >= 15 is 0 Å². The second-order valence-corrected chi connectivity index (χ2v) is 7.94. The number of halogens is 1. The summed E-state index contributed by atoms with van der Waals surface area (Å²) in [7, 11) is 0. The van der Waals surface area contributed by atoms with Crippen molar-refractivity contribution in [3.05, 3.63) is 94.2 Å². The molecule has 3 aromatic rings. The molecule has 6 nitrogen and oxygen atoms in total. The van der Waals surface area contributed by atoms with Crippen molar-refractivity contribution in [2.45, 2.75) is 19.5 Å². The first-order valence-corrected chi connectivity index (χ1v) is 10.5. The Kier molecular flexibility index (Phi) is 6.46. The zero-order valence-electron chi connectivity index (χ0n) is 17.0. The highest BCUT2D eigenvalue weighted by Crippen LogP contribution is 2.22. The van der Waals surface area contributed by atoms with Gasteiger partial charge < -0.3 is 0 Å². The molecule has 31 heavy (non-hydrogen) atoms. The number of hydrogen-bond donors (Lipinski definition) is 1. The Morgan fingerprint density at radius 2 is 2.03 bits per heavy atom. The van der Waals surface area contributed by atoms with Crippen molar-refractivity contribution < 1.29 is 4.79 Å². The molecule has 1 amide bonds. The van der Waals surface area contributed by atoms with Crippen LogP contribution < -0.4 is 4.90 Å². The van der Waals surface area contributed by atoms with Gasteiger partial charge in [-0.2, -0.15) is 10.4 Å². The maximum atomic E-state index is 13.5. The van der Waals surface area contributed by atoms with Crippen LogP contribution in [0.3, 0.4) is 0 Å². The molecule has 0 aliphatic carbocycles. The highest BCUT2D eigenvalue weighted by Gasteiger charge is 2.25. The summed E-state index contributed by atoms with van der Waals surface area (Å²) in [5.74, 6) is 0.606. The standard InChI is InChI=1S/C24H22ClN5O/c25-22-8-6-18(7-9-22)16-30(23-10-11-27-28-23)24(31)21-5-2-12-29(17-21)15-20-4-1-3-19(13-20)14-26/h1,3-11,13H,2,12,15-17H2,(H,27,28). The molecule has 0 spiro atoms. The number of amides is 1. The molecule has 1 aromatic heterocycles. The van der Waals surface area contributed by atoms with Gasteiger partial charge in [-0.3, -0.25) is 19.7 Å². The van der Waals surface area contributed by atoms with E-state index in [1.807, 2.05) is 48.5 Å². The quantitative estimate of drug-likeness (QED) is 0.631. The third kappa shape index (κ3) is 5.21. The van der Waals surface area contributed by atoms with Gasteiger partial charge >= 0.3 is 0 Å². The van der Waals surface area contributed by atoms with Gasteiger partial charge in [0.05, 0.1) is 24.4 Å². The summed E-state index contributed by atoms with van der Waals surface area (Å²) in [5, 5.41) is 16.7. The highest BCUT2D eigenvalue weighted by atomic mass is 35.5. The molecule has 156 valence electrons. The van der Waals surface area contributed by atoms with Gasteiger partial charge in [0.25, 0.3) is 5.91 Å². The van der Waals surface area contributed by atoms with Crippen molar-refractivity contribution in [3.8, 4) is 6.07 Å². The minimum atomic E-state index is -0.0466. The SMILES string of the molecule is N#Cc1cccc(CN2CCC=C(C(=O)N(Cc3ccc(Cl)cc3)c3ccn[nH]3)C2)c1. The molecular formula is C24H22ClN5O. The number of nitrogens with one attached hydrogen (secondary N) is 1. The Hall–Kier alpha value is -3.40. The van der Waals surface area contributed by atoms with Crippen molar-refractivity contribution in [1.82, 2.24) is 15.1 Å². The molecule has 2 aromatic carbocycles. The van der Waals surface area contributed by atoms with Crippen molar-refractivity contribution in [3.63, 3.8) is 0 Å². The van der Waals surface area contributed by atoms with Crippen LogP contribution in [0.2, 0.25) is 5.02 Å². The molecule has 0 atom stereocenters. The van der Waals surface area contributed by atoms with E-state index in [-0.39, 0.29) is 5.91 Å². The highest BCUT2D eigenvalue weighted by molar-refractivity contribution is 6.30. The maximum absolute atomic E-state index is 13.5. The second-order valence-electron chi connectivity index (χ2n) is 7.50. The van der Waals surface area contributed by atoms with Gasteiger partial charge in [0.15, 0.2) is 0 Å². The van der Waals surface area contributed by atoms with E-state index in [0.717, 1.165) is 29.7 Å². The van der Waals surface area contributed by atoms with Crippen molar-refractivity contribution in [2.24, 2.45) is 0 Å². The number of nitrogens with zero attached hydrogens (tertiary/aromatic N) is 4. The molecule has 1 N–H and O–H groups in total. The third-order valence-electron chi connectivity index (χ3n) is 5.24. The molecular weight excluding hydrogens is 410 g/mol. The zero-order chi connectivity index (χ0) is 21.6. The maximum Gasteiger partial charge on any atom is 0.256 e. The number of carbonyl (C=O) groups is 1. The third-order valence-corrected chi connectivity index (χ3v) is 5.49. The predicted octanol–water partition coefficient (Wildman–Crippen LogP) is 4.30. The van der Waals surface area contributed by atoms with Crippen LogP contribution in [0.15, 0.2) is 72.4 Å². The number of rotatable bonds is 6. The van der Waals surface area contributed by atoms with Crippen LogP contribution in [0, 0.1) is 11.3 Å². The average Bonchev–Trinajstić information content (AvgIpc) is 3.33. The Labute approximate surface area is 186 Å². The lowest BCUT2D eigenvalue weighted by Gasteiger charge is -2.30. The number of benzene rings is 2. The lowest BCUT2D eigenvalue weighted by molar-refractivity contribution is -0.115. The summed E-state index contributed by atoms with van der Waals surface area (Å²) < 4.78 is 0. The van der Waals surface area contributed by atoms with E-state index in [4.69, 9.17) is 16.9 Å². The number of nitriles is 1. The number of H-pyrrole nitrogens is 1. The monoisotopic (exact) mass is 431 g/mol. The fourth-order valence-electron chi connectivity index (χ4n) is 3.70. The van der Waals surface area contributed by atoms with E-state index in [9.17, 15) is 4.79 Å². The van der Waals surface area contributed by atoms with Crippen LogP contribution in [0.4, 0.5) is 5.82 Å². The van der Waals surface area contributed by atoms with E-state index in [1.54, 1.807) is 23.2 Å². The molecule has 0 fully saturated rings. The van der Waals surface area contributed by atoms with Crippen molar-refractivity contribution >= 4 is 23.3 Å². The van der Waals surface area contributed by atoms with Crippen LogP contribution in [-0.4, -0.2) is 34.1 Å². The summed E-state index contributed by atoms with van der Waals surface area (Å²) in [4.78, 5) is 17.4. The van der Waals surface area contributed by atoms with Gasteiger partial charge in [-0.05, 0) is 41.8 Å². The first-order chi connectivity index (χ1) is 15.1. The van der Waals surface area contributed by atoms with Crippen LogP contribution >= 0.6 is 11.6 Å². The zero-order valence-corrected chi connectivity index (χ0v) is 17.7. The van der Waals surface area contributed by atoms with Gasteiger partial charge in [-0.1, -0.05) is 41.9 Å². The number of anilines is 1. The summed E-state index contributed by atoms with van der Waals surface area (Å²) >= 11 is 6.00. The average molecular weight is 432 g/mol. The van der Waals surface area contributed by atoms with Crippen molar-refractivity contribution in [1.29, 1.82) is 5.26 Å². The summed E-state index contributed by atoms with van der Waals surface area (Å²) in [6, 6.07) is 19.1. The lowest BCUT2D eigenvalue weighted by atomic mass is 10.1. The Bertz CT molecular complexity index is 1120. The number of carbonyl (C=O) groups excluding carboxylic acids is 1. The topological polar surface area (TPSA) is 76.0 Å². The molecule has 0 bridgehead atoms. The van der Waals surface area contributed by atoms with Crippen LogP contribution in [-0.2, 0) is 17.9 Å². The molecule has 0 radical (unpaired) electrons. The van der Waals surface area contributed by atoms with Gasteiger partial charge in [0, 0.05) is 36.3 Å². The van der Waals surface area contributed by atoms with Gasteiger partial charge in [0.1, 0.15) is 5.82 Å². The first kappa shape index (κ1) is 20.9. The lowest BCUT2D eigenvalue weighted by Crippen LogP contribution is -2.38. The minimum absolute atomic E-state index is 0.0466. The van der Waals surface area contributed by atoms with Crippen LogP contribution in [0.25, 0.3) is 0 Å². The molecule has 1 aliphatic heterocycles. The number of aromatic nitrogens is 2. The van der Waals surface area contributed by atoms with Gasteiger partial charge in [-0.25, -0.2) is 0 Å².